The molecule has 0 radical (unpaired) electrons. The van der Waals surface area contributed by atoms with Crippen molar-refractivity contribution in [2.24, 2.45) is 0 Å². The molecule has 0 saturated heterocycles. The van der Waals surface area contributed by atoms with Crippen LogP contribution in [0.3, 0.4) is 0 Å². The van der Waals surface area contributed by atoms with Crippen molar-refractivity contribution in [2.45, 2.75) is 35.8 Å². The molecule has 0 atom stereocenters. The Morgan fingerprint density at radius 3 is 2.60 bits per heavy atom. The van der Waals surface area contributed by atoms with Gasteiger partial charge in [0.25, 0.3) is 0 Å². The lowest BCUT2D eigenvalue weighted by Gasteiger charge is -2.40. The number of hydrogen-bond donors (Lipinski definition) is 1. The van der Waals surface area contributed by atoms with Crippen LogP contribution in [0.4, 0.5) is 0 Å². The van der Waals surface area contributed by atoms with Gasteiger partial charge in [-0.1, -0.05) is 6.42 Å². The van der Waals surface area contributed by atoms with Crippen LogP contribution >= 0.6 is 11.8 Å². The zero-order chi connectivity index (χ0) is 14.8. The van der Waals surface area contributed by atoms with Gasteiger partial charge in [-0.15, -0.1) is 0 Å². The topological polar surface area (TPSA) is 70.0 Å². The highest BCUT2D eigenvalue weighted by atomic mass is 32.2. The lowest BCUT2D eigenvalue weighted by atomic mass is 9.84. The van der Waals surface area contributed by atoms with Crippen molar-refractivity contribution in [3.63, 3.8) is 0 Å². The molecular weight excluding hydrogens is 292 g/mol. The van der Waals surface area contributed by atoms with E-state index in [1.807, 2.05) is 12.3 Å². The SMILES string of the molecule is CSC1(CNS(=O)(=O)c2ccc(C#N)c(C)c2)CCC1. The third-order valence-corrected chi connectivity index (χ3v) is 6.73. The Morgan fingerprint density at radius 2 is 2.15 bits per heavy atom. The molecule has 0 aliphatic heterocycles. The van der Waals surface area contributed by atoms with Crippen LogP contribution in [0.15, 0.2) is 23.1 Å². The first-order valence-corrected chi connectivity index (χ1v) is 9.19. The minimum Gasteiger partial charge on any atom is -0.210 e. The summed E-state index contributed by atoms with van der Waals surface area (Å²) in [5.41, 5.74) is 1.18. The third kappa shape index (κ3) is 3.00. The van der Waals surface area contributed by atoms with E-state index in [-0.39, 0.29) is 9.64 Å². The van der Waals surface area contributed by atoms with E-state index in [1.165, 1.54) is 12.5 Å². The fraction of sp³-hybridized carbons (Fsp3) is 0.500. The van der Waals surface area contributed by atoms with Gasteiger partial charge < -0.3 is 0 Å². The van der Waals surface area contributed by atoms with Gasteiger partial charge in [0, 0.05) is 11.3 Å². The van der Waals surface area contributed by atoms with E-state index in [4.69, 9.17) is 5.26 Å². The van der Waals surface area contributed by atoms with E-state index in [9.17, 15) is 8.42 Å². The van der Waals surface area contributed by atoms with Gasteiger partial charge in [-0.2, -0.15) is 17.0 Å². The molecule has 1 aromatic rings. The lowest BCUT2D eigenvalue weighted by Crippen LogP contribution is -2.45. The van der Waals surface area contributed by atoms with E-state index < -0.39 is 10.0 Å². The van der Waals surface area contributed by atoms with Crippen LogP contribution in [0, 0.1) is 18.3 Å². The van der Waals surface area contributed by atoms with Crippen LogP contribution in [0.5, 0.6) is 0 Å². The van der Waals surface area contributed by atoms with Crippen LogP contribution in [-0.4, -0.2) is 26.0 Å². The number of benzene rings is 1. The van der Waals surface area contributed by atoms with E-state index >= 15 is 0 Å². The zero-order valence-electron chi connectivity index (χ0n) is 11.6. The molecule has 20 heavy (non-hydrogen) atoms. The highest BCUT2D eigenvalue weighted by Gasteiger charge is 2.37. The first kappa shape index (κ1) is 15.4. The van der Waals surface area contributed by atoms with Crippen LogP contribution in [0.2, 0.25) is 0 Å². The van der Waals surface area contributed by atoms with Gasteiger partial charge in [-0.3, -0.25) is 0 Å². The number of hydrogen-bond acceptors (Lipinski definition) is 4. The van der Waals surface area contributed by atoms with Gasteiger partial charge in [0.05, 0.1) is 16.5 Å². The third-order valence-electron chi connectivity index (χ3n) is 3.91. The average molecular weight is 310 g/mol. The summed E-state index contributed by atoms with van der Waals surface area (Å²) in [6.07, 6.45) is 5.31. The normalized spacial score (nSPS) is 17.2. The van der Waals surface area contributed by atoms with Crippen molar-refractivity contribution in [2.75, 3.05) is 12.8 Å². The second-order valence-electron chi connectivity index (χ2n) is 5.15. The maximum absolute atomic E-state index is 12.3. The number of sulfonamides is 1. The van der Waals surface area contributed by atoms with Gasteiger partial charge >= 0.3 is 0 Å². The molecule has 0 aromatic heterocycles. The van der Waals surface area contributed by atoms with Gasteiger partial charge in [0.2, 0.25) is 10.0 Å². The summed E-state index contributed by atoms with van der Waals surface area (Å²) in [7, 11) is -3.50. The molecule has 1 aromatic carbocycles. The van der Waals surface area contributed by atoms with E-state index in [0.717, 1.165) is 12.8 Å². The first-order chi connectivity index (χ1) is 9.42. The Labute approximate surface area is 124 Å². The number of rotatable bonds is 5. The van der Waals surface area contributed by atoms with E-state index in [2.05, 4.69) is 4.72 Å². The van der Waals surface area contributed by atoms with Crippen molar-refractivity contribution in [1.29, 1.82) is 5.26 Å². The summed E-state index contributed by atoms with van der Waals surface area (Å²) in [6.45, 7) is 2.21. The summed E-state index contributed by atoms with van der Waals surface area (Å²) in [5, 5.41) is 8.88. The first-order valence-electron chi connectivity index (χ1n) is 6.48. The summed E-state index contributed by atoms with van der Waals surface area (Å²) in [4.78, 5) is 0.226. The molecule has 0 amide bonds. The quantitative estimate of drug-likeness (QED) is 0.907. The molecule has 1 aliphatic rings. The molecule has 1 N–H and O–H groups in total. The summed E-state index contributed by atoms with van der Waals surface area (Å²) in [6, 6.07) is 6.63. The monoisotopic (exact) mass is 310 g/mol. The Bertz CT molecular complexity index is 638. The van der Waals surface area contributed by atoms with Gasteiger partial charge in [-0.05, 0) is 49.8 Å². The summed E-state index contributed by atoms with van der Waals surface area (Å²) >= 11 is 1.73. The molecule has 108 valence electrons. The predicted octanol–water partition coefficient (Wildman–Crippen LogP) is 2.43. The molecule has 6 heteroatoms. The smallest absolute Gasteiger partial charge is 0.210 e. The molecule has 4 nitrogen and oxygen atoms in total. The van der Waals surface area contributed by atoms with Crippen LogP contribution in [0.25, 0.3) is 0 Å². The second-order valence-corrected chi connectivity index (χ2v) is 8.19. The maximum atomic E-state index is 12.3. The molecule has 1 fully saturated rings. The number of nitrogens with one attached hydrogen (secondary N) is 1. The molecule has 2 rings (SSSR count). The molecule has 1 aliphatic carbocycles. The minimum absolute atomic E-state index is 0.0642. The fourth-order valence-electron chi connectivity index (χ4n) is 2.26. The van der Waals surface area contributed by atoms with Crippen LogP contribution in [-0.2, 0) is 10.0 Å². The van der Waals surface area contributed by atoms with Crippen LogP contribution < -0.4 is 4.72 Å². The number of nitriles is 1. The van der Waals surface area contributed by atoms with Crippen molar-refractivity contribution in [1.82, 2.24) is 4.72 Å². The highest BCUT2D eigenvalue weighted by Crippen LogP contribution is 2.42. The Balaban J connectivity index is 2.14. The minimum atomic E-state index is -3.50. The van der Waals surface area contributed by atoms with Gasteiger partial charge in [-0.25, -0.2) is 13.1 Å². The Morgan fingerprint density at radius 1 is 1.45 bits per heavy atom. The van der Waals surface area contributed by atoms with E-state index in [0.29, 0.717) is 17.7 Å². The average Bonchev–Trinajstić information content (AvgIpc) is 2.38. The van der Waals surface area contributed by atoms with Crippen molar-refractivity contribution in [3.8, 4) is 6.07 Å². The number of aryl methyl sites for hydroxylation is 1. The zero-order valence-corrected chi connectivity index (χ0v) is 13.3. The standard InChI is InChI=1S/C14H18N2O2S2/c1-11-8-13(5-4-12(11)9-15)20(17,18)16-10-14(19-2)6-3-7-14/h4-5,8,16H,3,6-7,10H2,1-2H3. The summed E-state index contributed by atoms with van der Waals surface area (Å²) < 4.78 is 27.3. The maximum Gasteiger partial charge on any atom is 0.240 e. The predicted molar refractivity (Wildman–Crippen MR) is 81.2 cm³/mol. The number of nitrogens with zero attached hydrogens (tertiary/aromatic N) is 1. The molecule has 0 bridgehead atoms. The van der Waals surface area contributed by atoms with Crippen molar-refractivity contribution < 1.29 is 8.42 Å². The van der Waals surface area contributed by atoms with Crippen molar-refractivity contribution >= 4 is 21.8 Å². The van der Waals surface area contributed by atoms with E-state index in [1.54, 1.807) is 30.8 Å². The molecule has 0 heterocycles. The van der Waals surface area contributed by atoms with Crippen molar-refractivity contribution in [3.05, 3.63) is 29.3 Å². The van der Waals surface area contributed by atoms with Gasteiger partial charge in [0.15, 0.2) is 0 Å². The molecule has 0 unspecified atom stereocenters. The molecular formula is C14H18N2O2S2. The largest absolute Gasteiger partial charge is 0.240 e. The van der Waals surface area contributed by atoms with Crippen LogP contribution in [0.1, 0.15) is 30.4 Å². The second kappa shape index (κ2) is 5.76. The molecule has 1 saturated carbocycles. The highest BCUT2D eigenvalue weighted by molar-refractivity contribution is 8.00. The Kier molecular flexibility index (Phi) is 4.43. The lowest BCUT2D eigenvalue weighted by molar-refractivity contribution is 0.362. The fourth-order valence-corrected chi connectivity index (χ4v) is 4.48. The number of thioether (sulfide) groups is 1. The molecule has 0 spiro atoms. The summed E-state index contributed by atoms with van der Waals surface area (Å²) in [5.74, 6) is 0. The Hall–Kier alpha value is -1.03. The van der Waals surface area contributed by atoms with Gasteiger partial charge in [0.1, 0.15) is 0 Å².